The Morgan fingerprint density at radius 2 is 2.00 bits per heavy atom. The van der Waals surface area contributed by atoms with Gasteiger partial charge in [-0.25, -0.2) is 0 Å². The van der Waals surface area contributed by atoms with Gasteiger partial charge in [0.25, 0.3) is 5.91 Å². The molecule has 8 nitrogen and oxygen atoms in total. The number of nitrogens with zero attached hydrogens (tertiary/aromatic N) is 4. The zero-order valence-corrected chi connectivity index (χ0v) is 13.5. The van der Waals surface area contributed by atoms with E-state index >= 15 is 0 Å². The molecule has 4 heterocycles. The molecule has 2 aliphatic heterocycles. The van der Waals surface area contributed by atoms with Gasteiger partial charge in [-0.2, -0.15) is 5.10 Å². The molecule has 0 bridgehead atoms. The van der Waals surface area contributed by atoms with Gasteiger partial charge >= 0.3 is 0 Å². The zero-order valence-electron chi connectivity index (χ0n) is 13.5. The Labute approximate surface area is 139 Å². The predicted octanol–water partition coefficient (Wildman–Crippen LogP) is 2.05. The van der Waals surface area contributed by atoms with Gasteiger partial charge in [0, 0.05) is 31.9 Å². The van der Waals surface area contributed by atoms with Crippen LogP contribution in [0.15, 0.2) is 16.8 Å². The minimum absolute atomic E-state index is 0.0423. The third-order valence-electron chi connectivity index (χ3n) is 4.82. The van der Waals surface area contributed by atoms with Crippen LogP contribution in [0.4, 0.5) is 0 Å². The number of likely N-dealkylation sites (tertiary alicyclic amines) is 1. The minimum atomic E-state index is -0.151. The third-order valence-corrected chi connectivity index (χ3v) is 4.82. The first-order chi connectivity index (χ1) is 11.8. The molecule has 0 saturated carbocycles. The number of hydrogen-bond donors (Lipinski definition) is 1. The van der Waals surface area contributed by atoms with Gasteiger partial charge in [0.1, 0.15) is 6.04 Å². The molecule has 24 heavy (non-hydrogen) atoms. The lowest BCUT2D eigenvalue weighted by Gasteiger charge is -2.33. The summed E-state index contributed by atoms with van der Waals surface area (Å²) in [5, 5.41) is 15.1. The van der Waals surface area contributed by atoms with Crippen LogP contribution in [0.25, 0.3) is 0 Å². The molecule has 2 aromatic rings. The molecule has 1 atom stereocenters. The Kier molecular flexibility index (Phi) is 4.29. The Balaban J connectivity index is 1.54. The molecule has 0 radical (unpaired) electrons. The van der Waals surface area contributed by atoms with E-state index in [2.05, 4.69) is 20.4 Å². The number of hydrogen-bond acceptors (Lipinski definition) is 6. The number of piperidine rings is 1. The largest absolute Gasteiger partial charge is 0.423 e. The van der Waals surface area contributed by atoms with E-state index < -0.39 is 0 Å². The number of carbonyl (C=O) groups excluding carboxylic acids is 1. The maximum absolute atomic E-state index is 12.7. The predicted molar refractivity (Wildman–Crippen MR) is 83.3 cm³/mol. The zero-order chi connectivity index (χ0) is 16.4. The van der Waals surface area contributed by atoms with Gasteiger partial charge < -0.3 is 14.1 Å². The van der Waals surface area contributed by atoms with Crippen molar-refractivity contribution in [2.45, 2.75) is 44.1 Å². The second-order valence-corrected chi connectivity index (χ2v) is 6.36. The van der Waals surface area contributed by atoms with Gasteiger partial charge in [-0.3, -0.25) is 9.89 Å². The Morgan fingerprint density at radius 1 is 1.17 bits per heavy atom. The van der Waals surface area contributed by atoms with Crippen molar-refractivity contribution in [3.8, 4) is 0 Å². The molecule has 4 rings (SSSR count). The van der Waals surface area contributed by atoms with Crippen LogP contribution < -0.4 is 0 Å². The summed E-state index contributed by atoms with van der Waals surface area (Å²) in [4.78, 5) is 14.5. The second-order valence-electron chi connectivity index (χ2n) is 6.36. The molecule has 2 aliphatic rings. The average molecular weight is 331 g/mol. The Morgan fingerprint density at radius 3 is 2.79 bits per heavy atom. The highest BCUT2D eigenvalue weighted by molar-refractivity contribution is 5.94. The van der Waals surface area contributed by atoms with Gasteiger partial charge in [0.2, 0.25) is 11.8 Å². The number of rotatable bonds is 3. The minimum Gasteiger partial charge on any atom is -0.423 e. The van der Waals surface area contributed by atoms with Gasteiger partial charge in [-0.15, -0.1) is 10.2 Å². The van der Waals surface area contributed by atoms with Crippen LogP contribution >= 0.6 is 0 Å². The van der Waals surface area contributed by atoms with E-state index in [4.69, 9.17) is 9.15 Å². The van der Waals surface area contributed by atoms with Crippen LogP contribution in [-0.4, -0.2) is 51.0 Å². The summed E-state index contributed by atoms with van der Waals surface area (Å²) in [5.41, 5.74) is 0.561. The maximum Gasteiger partial charge on any atom is 0.257 e. The summed E-state index contributed by atoms with van der Waals surface area (Å²) >= 11 is 0. The fraction of sp³-hybridized carbons (Fsp3) is 0.625. The molecular weight excluding hydrogens is 310 g/mol. The lowest BCUT2D eigenvalue weighted by atomic mass is 10.0. The van der Waals surface area contributed by atoms with Crippen molar-refractivity contribution >= 4 is 5.91 Å². The van der Waals surface area contributed by atoms with E-state index in [1.807, 2.05) is 4.90 Å². The van der Waals surface area contributed by atoms with Crippen molar-refractivity contribution in [2.24, 2.45) is 0 Å². The Bertz CT molecular complexity index is 678. The number of H-pyrrole nitrogens is 1. The van der Waals surface area contributed by atoms with Gasteiger partial charge in [-0.1, -0.05) is 0 Å². The summed E-state index contributed by atoms with van der Waals surface area (Å²) < 4.78 is 11.3. The van der Waals surface area contributed by atoms with Crippen molar-refractivity contribution < 1.29 is 13.9 Å². The topological polar surface area (TPSA) is 97.1 Å². The van der Waals surface area contributed by atoms with Crippen LogP contribution in [0.1, 0.15) is 66.2 Å². The van der Waals surface area contributed by atoms with Crippen LogP contribution in [0.2, 0.25) is 0 Å². The van der Waals surface area contributed by atoms with Crippen LogP contribution in [0.5, 0.6) is 0 Å². The van der Waals surface area contributed by atoms with Crippen LogP contribution in [-0.2, 0) is 4.74 Å². The smallest absolute Gasteiger partial charge is 0.257 e. The fourth-order valence-corrected chi connectivity index (χ4v) is 3.46. The van der Waals surface area contributed by atoms with Gasteiger partial charge in [0.05, 0.1) is 11.8 Å². The third kappa shape index (κ3) is 2.93. The van der Waals surface area contributed by atoms with E-state index in [-0.39, 0.29) is 17.9 Å². The van der Waals surface area contributed by atoms with Crippen molar-refractivity contribution in [3.05, 3.63) is 29.7 Å². The summed E-state index contributed by atoms with van der Waals surface area (Å²) in [5.74, 6) is 1.45. The molecular formula is C16H21N5O3. The van der Waals surface area contributed by atoms with E-state index in [1.165, 1.54) is 0 Å². The van der Waals surface area contributed by atoms with Gasteiger partial charge in [-0.05, 0) is 32.1 Å². The molecule has 8 heteroatoms. The molecule has 0 aliphatic carbocycles. The quantitative estimate of drug-likeness (QED) is 0.924. The molecule has 1 N–H and O–H groups in total. The normalized spacial score (nSPS) is 22.7. The fourth-order valence-electron chi connectivity index (χ4n) is 3.46. The number of aromatic amines is 1. The number of nitrogens with one attached hydrogen (secondary N) is 1. The molecule has 1 unspecified atom stereocenters. The molecule has 1 amide bonds. The Hall–Kier alpha value is -2.22. The van der Waals surface area contributed by atoms with E-state index in [1.54, 1.807) is 12.4 Å². The molecule has 2 fully saturated rings. The van der Waals surface area contributed by atoms with Gasteiger partial charge in [0.15, 0.2) is 0 Å². The highest BCUT2D eigenvalue weighted by atomic mass is 16.5. The summed E-state index contributed by atoms with van der Waals surface area (Å²) in [6.07, 6.45) is 7.87. The SMILES string of the molecule is O=C(c1cn[nH]c1)N1CCCCC1c1nnc(C2CCOCC2)o1. The number of carbonyl (C=O) groups is 1. The average Bonchev–Trinajstić information content (AvgIpc) is 3.34. The first kappa shape index (κ1) is 15.3. The van der Waals surface area contributed by atoms with E-state index in [0.717, 1.165) is 45.3 Å². The number of ether oxygens (including phenoxy) is 1. The van der Waals surface area contributed by atoms with Crippen molar-refractivity contribution in [1.29, 1.82) is 0 Å². The monoisotopic (exact) mass is 331 g/mol. The maximum atomic E-state index is 12.7. The van der Waals surface area contributed by atoms with Crippen molar-refractivity contribution in [1.82, 2.24) is 25.3 Å². The van der Waals surface area contributed by atoms with Crippen LogP contribution in [0, 0.1) is 0 Å². The highest BCUT2D eigenvalue weighted by Crippen LogP contribution is 2.33. The second kappa shape index (κ2) is 6.72. The lowest BCUT2D eigenvalue weighted by molar-refractivity contribution is 0.0561. The molecule has 0 aromatic carbocycles. The van der Waals surface area contributed by atoms with E-state index in [9.17, 15) is 4.79 Å². The summed E-state index contributed by atoms with van der Waals surface area (Å²) in [7, 11) is 0. The molecule has 2 saturated heterocycles. The van der Waals surface area contributed by atoms with E-state index in [0.29, 0.717) is 23.9 Å². The summed E-state index contributed by atoms with van der Waals surface area (Å²) in [6, 6.07) is -0.151. The van der Waals surface area contributed by atoms with Crippen molar-refractivity contribution in [2.75, 3.05) is 19.8 Å². The molecule has 0 spiro atoms. The number of amides is 1. The highest BCUT2D eigenvalue weighted by Gasteiger charge is 2.33. The molecule has 2 aromatic heterocycles. The first-order valence-electron chi connectivity index (χ1n) is 8.53. The number of aromatic nitrogens is 4. The lowest BCUT2D eigenvalue weighted by Crippen LogP contribution is -2.38. The molecule has 128 valence electrons. The van der Waals surface area contributed by atoms with Crippen molar-refractivity contribution in [3.63, 3.8) is 0 Å². The first-order valence-corrected chi connectivity index (χ1v) is 8.53. The summed E-state index contributed by atoms with van der Waals surface area (Å²) in [6.45, 7) is 2.16. The standard InChI is InChI=1S/C16H21N5O3/c22-16(12-9-17-18-10-12)21-6-2-1-3-13(21)15-20-19-14(24-15)11-4-7-23-8-5-11/h9-11,13H,1-8H2,(H,17,18). The van der Waals surface area contributed by atoms with Crippen LogP contribution in [0.3, 0.4) is 0 Å².